The summed E-state index contributed by atoms with van der Waals surface area (Å²) >= 11 is 0. The van der Waals surface area contributed by atoms with E-state index in [0.29, 0.717) is 54.4 Å². The Labute approximate surface area is 200 Å². The normalized spacial score (nSPS) is 16.1. The molecule has 5 heterocycles. The summed E-state index contributed by atoms with van der Waals surface area (Å²) in [5.74, 6) is 1.75. The Balaban J connectivity index is 1.48. The van der Waals surface area contributed by atoms with Crippen LogP contribution in [0, 0.1) is 0 Å². The molecule has 6 rings (SSSR count). The number of benzene rings is 1. The van der Waals surface area contributed by atoms with E-state index in [2.05, 4.69) is 15.0 Å². The Morgan fingerprint density at radius 3 is 2.69 bits per heavy atom. The number of rotatable bonds is 4. The lowest BCUT2D eigenvalue weighted by Crippen LogP contribution is -2.29. The Hall–Kier alpha value is -3.92. The Morgan fingerprint density at radius 1 is 1.09 bits per heavy atom. The highest BCUT2D eigenvalue weighted by Crippen LogP contribution is 2.34. The number of fused-ring (bicyclic) bond motifs is 4. The molecule has 3 aromatic heterocycles. The summed E-state index contributed by atoms with van der Waals surface area (Å²) in [6, 6.07) is 5.35. The third-order valence-corrected chi connectivity index (χ3v) is 6.94. The van der Waals surface area contributed by atoms with Gasteiger partial charge in [-0.25, -0.2) is 9.97 Å². The van der Waals surface area contributed by atoms with E-state index >= 15 is 0 Å². The molecule has 0 bridgehead atoms. The van der Waals surface area contributed by atoms with E-state index in [0.717, 1.165) is 35.4 Å². The van der Waals surface area contributed by atoms with Gasteiger partial charge in [-0.15, -0.1) is 0 Å². The van der Waals surface area contributed by atoms with Crippen LogP contribution in [0.1, 0.15) is 40.5 Å². The minimum atomic E-state index is -0.255. The lowest BCUT2D eigenvalue weighted by Gasteiger charge is -2.22. The maximum absolute atomic E-state index is 13.7. The number of carbonyl (C=O) groups excluding carboxylic acids is 1. The van der Waals surface area contributed by atoms with Crippen LogP contribution in [0.3, 0.4) is 0 Å². The highest BCUT2D eigenvalue weighted by atomic mass is 16.5. The number of hydrogen-bond donors (Lipinski definition) is 1. The third-order valence-electron chi connectivity index (χ3n) is 6.94. The predicted molar refractivity (Wildman–Crippen MR) is 129 cm³/mol. The summed E-state index contributed by atoms with van der Waals surface area (Å²) in [6.07, 6.45) is 5.65. The zero-order chi connectivity index (χ0) is 24.1. The van der Waals surface area contributed by atoms with E-state index in [1.807, 2.05) is 10.5 Å². The van der Waals surface area contributed by atoms with Crippen LogP contribution in [0.2, 0.25) is 0 Å². The Bertz CT molecular complexity index is 1520. The second-order valence-corrected chi connectivity index (χ2v) is 8.81. The van der Waals surface area contributed by atoms with Crippen molar-refractivity contribution in [2.24, 2.45) is 0 Å². The molecule has 10 nitrogen and oxygen atoms in total. The number of ether oxygens (including phenoxy) is 3. The van der Waals surface area contributed by atoms with Crippen molar-refractivity contribution in [2.45, 2.75) is 25.2 Å². The topological polar surface area (TPSA) is 111 Å². The van der Waals surface area contributed by atoms with Crippen LogP contribution in [-0.4, -0.2) is 59.2 Å². The van der Waals surface area contributed by atoms with Gasteiger partial charge in [0.05, 0.1) is 48.9 Å². The second kappa shape index (κ2) is 8.38. The lowest BCUT2D eigenvalue weighted by molar-refractivity contribution is 0.0835. The van der Waals surface area contributed by atoms with Crippen molar-refractivity contribution in [2.75, 3.05) is 38.9 Å². The largest absolute Gasteiger partial charge is 0.496 e. The van der Waals surface area contributed by atoms with E-state index in [9.17, 15) is 9.59 Å². The van der Waals surface area contributed by atoms with Crippen LogP contribution in [0.15, 0.2) is 35.4 Å². The van der Waals surface area contributed by atoms with Crippen molar-refractivity contribution >= 4 is 28.1 Å². The van der Waals surface area contributed by atoms with E-state index in [1.165, 1.54) is 0 Å². The fraction of sp³-hybridized carbons (Fsp3) is 0.360. The fourth-order valence-corrected chi connectivity index (χ4v) is 5.13. The third kappa shape index (κ3) is 3.44. The van der Waals surface area contributed by atoms with Crippen molar-refractivity contribution in [3.05, 3.63) is 57.9 Å². The van der Waals surface area contributed by atoms with Gasteiger partial charge in [-0.3, -0.25) is 14.0 Å². The van der Waals surface area contributed by atoms with E-state index in [4.69, 9.17) is 14.2 Å². The molecule has 0 unspecified atom stereocenters. The maximum atomic E-state index is 13.7. The molecule has 1 aromatic carbocycles. The molecular formula is C25H25N5O5. The lowest BCUT2D eigenvalue weighted by atomic mass is 9.99. The SMILES string of the molecule is COc1cc2c(cn1)N(C(=O)c1cc3[nH]c(=O)c4cnc(C5CCOCC5)n4c3cc1OC)CC2. The van der Waals surface area contributed by atoms with Crippen molar-refractivity contribution in [3.63, 3.8) is 0 Å². The smallest absolute Gasteiger partial charge is 0.274 e. The zero-order valence-corrected chi connectivity index (χ0v) is 19.5. The molecule has 0 saturated carbocycles. The number of methoxy groups -OCH3 is 2. The second-order valence-electron chi connectivity index (χ2n) is 8.81. The monoisotopic (exact) mass is 475 g/mol. The van der Waals surface area contributed by atoms with Gasteiger partial charge < -0.3 is 24.1 Å². The molecule has 0 atom stereocenters. The summed E-state index contributed by atoms with van der Waals surface area (Å²) in [5, 5.41) is 0. The van der Waals surface area contributed by atoms with Crippen LogP contribution in [0.25, 0.3) is 16.6 Å². The van der Waals surface area contributed by atoms with Crippen LogP contribution >= 0.6 is 0 Å². The van der Waals surface area contributed by atoms with E-state index < -0.39 is 0 Å². The van der Waals surface area contributed by atoms with Crippen LogP contribution in [0.4, 0.5) is 5.69 Å². The first-order valence-electron chi connectivity index (χ1n) is 11.6. The molecule has 1 amide bonds. The van der Waals surface area contributed by atoms with Gasteiger partial charge in [-0.2, -0.15) is 0 Å². The van der Waals surface area contributed by atoms with Gasteiger partial charge in [-0.1, -0.05) is 0 Å². The molecule has 2 aliphatic rings. The van der Waals surface area contributed by atoms with E-state index in [1.54, 1.807) is 43.6 Å². The number of aromatic nitrogens is 4. The summed E-state index contributed by atoms with van der Waals surface area (Å²) in [5.41, 5.74) is 3.61. The van der Waals surface area contributed by atoms with Gasteiger partial charge in [0, 0.05) is 37.8 Å². The maximum Gasteiger partial charge on any atom is 0.274 e. The van der Waals surface area contributed by atoms with Gasteiger partial charge in [0.2, 0.25) is 5.88 Å². The first-order valence-corrected chi connectivity index (χ1v) is 11.6. The number of aromatic amines is 1. The number of nitrogens with zero attached hydrogens (tertiary/aromatic N) is 4. The number of nitrogens with one attached hydrogen (secondary N) is 1. The standard InChI is InChI=1S/C25H25N5O5/c1-33-21-11-18-17(28-24(31)20-13-27-23(30(18)20)14-4-7-35-8-5-14)10-16(21)25(32)29-6-3-15-9-22(34-2)26-12-19(15)29/h9-14H,3-8H2,1-2H3,(H,28,31). The highest BCUT2D eigenvalue weighted by Gasteiger charge is 2.29. The van der Waals surface area contributed by atoms with Crippen molar-refractivity contribution < 1.29 is 19.0 Å². The van der Waals surface area contributed by atoms with Crippen molar-refractivity contribution in [3.8, 4) is 11.6 Å². The molecule has 1 N–H and O–H groups in total. The highest BCUT2D eigenvalue weighted by molar-refractivity contribution is 6.10. The quantitative estimate of drug-likeness (QED) is 0.483. The van der Waals surface area contributed by atoms with Crippen LogP contribution in [-0.2, 0) is 11.2 Å². The average Bonchev–Trinajstić information content (AvgIpc) is 3.53. The number of imidazole rings is 1. The molecular weight excluding hydrogens is 450 g/mol. The average molecular weight is 476 g/mol. The zero-order valence-electron chi connectivity index (χ0n) is 19.5. The summed E-state index contributed by atoms with van der Waals surface area (Å²) < 4.78 is 18.3. The minimum Gasteiger partial charge on any atom is -0.496 e. The molecule has 1 saturated heterocycles. The Kier molecular flexibility index (Phi) is 5.18. The first-order chi connectivity index (χ1) is 17.1. The Morgan fingerprint density at radius 2 is 1.91 bits per heavy atom. The van der Waals surface area contributed by atoms with E-state index in [-0.39, 0.29) is 17.4 Å². The number of pyridine rings is 1. The molecule has 35 heavy (non-hydrogen) atoms. The molecule has 0 aliphatic carbocycles. The molecule has 180 valence electrons. The molecule has 10 heteroatoms. The number of carbonyl (C=O) groups is 1. The number of anilines is 1. The number of amides is 1. The van der Waals surface area contributed by atoms with Crippen LogP contribution in [0.5, 0.6) is 11.6 Å². The molecule has 0 spiro atoms. The van der Waals surface area contributed by atoms with Gasteiger partial charge >= 0.3 is 0 Å². The predicted octanol–water partition coefficient (Wildman–Crippen LogP) is 2.68. The van der Waals surface area contributed by atoms with Gasteiger partial charge in [0.15, 0.2) is 0 Å². The molecule has 4 aromatic rings. The van der Waals surface area contributed by atoms with Gasteiger partial charge in [-0.05, 0) is 30.9 Å². The van der Waals surface area contributed by atoms with Gasteiger partial charge in [0.25, 0.3) is 11.5 Å². The summed E-state index contributed by atoms with van der Waals surface area (Å²) in [6.45, 7) is 1.86. The number of H-pyrrole nitrogens is 1. The summed E-state index contributed by atoms with van der Waals surface area (Å²) in [7, 11) is 3.11. The number of hydrogen-bond acceptors (Lipinski definition) is 7. The van der Waals surface area contributed by atoms with Crippen molar-refractivity contribution in [1.82, 2.24) is 19.4 Å². The van der Waals surface area contributed by atoms with Gasteiger partial charge in [0.1, 0.15) is 17.1 Å². The minimum absolute atomic E-state index is 0.189. The summed E-state index contributed by atoms with van der Waals surface area (Å²) in [4.78, 5) is 40.1. The molecule has 0 radical (unpaired) electrons. The van der Waals surface area contributed by atoms with Crippen molar-refractivity contribution in [1.29, 1.82) is 0 Å². The first kappa shape index (κ1) is 21.6. The van der Waals surface area contributed by atoms with Crippen LogP contribution < -0.4 is 19.9 Å². The molecule has 2 aliphatic heterocycles. The molecule has 1 fully saturated rings. The fourth-order valence-electron chi connectivity index (χ4n) is 5.13.